The fourth-order valence-electron chi connectivity index (χ4n) is 2.21. The molecule has 0 N–H and O–H groups in total. The molecule has 1 aromatic heterocycles. The standard InChI is InChI=1S/C18H14BrNO3/c1-12-16(17(20-23-12)14-5-3-2-4-6-14)18(21)22-11-13-7-9-15(19)10-8-13/h2-10H,11H2,1H3. The van der Waals surface area contributed by atoms with Crippen molar-refractivity contribution in [1.29, 1.82) is 0 Å². The Labute approximate surface area is 142 Å². The van der Waals surface area contributed by atoms with Gasteiger partial charge in [-0.05, 0) is 24.6 Å². The zero-order valence-electron chi connectivity index (χ0n) is 12.5. The Bertz CT molecular complexity index is 810. The van der Waals surface area contributed by atoms with Crippen molar-refractivity contribution >= 4 is 21.9 Å². The van der Waals surface area contributed by atoms with Crippen molar-refractivity contribution in [2.24, 2.45) is 0 Å². The molecule has 0 atom stereocenters. The van der Waals surface area contributed by atoms with Crippen molar-refractivity contribution < 1.29 is 14.1 Å². The van der Waals surface area contributed by atoms with Crippen LogP contribution in [0.4, 0.5) is 0 Å². The summed E-state index contributed by atoms with van der Waals surface area (Å²) < 4.78 is 11.6. The molecule has 3 rings (SSSR count). The zero-order chi connectivity index (χ0) is 16.2. The lowest BCUT2D eigenvalue weighted by atomic mass is 10.1. The molecule has 0 bridgehead atoms. The van der Waals surface area contributed by atoms with Gasteiger partial charge in [0, 0.05) is 10.0 Å². The van der Waals surface area contributed by atoms with Gasteiger partial charge in [0.25, 0.3) is 0 Å². The maximum absolute atomic E-state index is 12.4. The first-order valence-corrected chi connectivity index (χ1v) is 7.87. The number of benzene rings is 2. The number of esters is 1. The van der Waals surface area contributed by atoms with E-state index in [-0.39, 0.29) is 6.61 Å². The fraction of sp³-hybridized carbons (Fsp3) is 0.111. The number of ether oxygens (including phenoxy) is 1. The molecule has 0 fully saturated rings. The summed E-state index contributed by atoms with van der Waals surface area (Å²) in [7, 11) is 0. The van der Waals surface area contributed by atoms with Gasteiger partial charge in [0.05, 0.1) is 0 Å². The number of halogens is 1. The summed E-state index contributed by atoms with van der Waals surface area (Å²) in [5.41, 5.74) is 2.61. The second kappa shape index (κ2) is 6.79. The fourth-order valence-corrected chi connectivity index (χ4v) is 2.47. The van der Waals surface area contributed by atoms with E-state index in [4.69, 9.17) is 9.26 Å². The topological polar surface area (TPSA) is 52.3 Å². The van der Waals surface area contributed by atoms with Crippen molar-refractivity contribution in [2.45, 2.75) is 13.5 Å². The number of nitrogens with zero attached hydrogens (tertiary/aromatic N) is 1. The van der Waals surface area contributed by atoms with Crippen LogP contribution in [0.2, 0.25) is 0 Å². The molecule has 0 aliphatic carbocycles. The zero-order valence-corrected chi connectivity index (χ0v) is 14.0. The third-order valence-corrected chi connectivity index (χ3v) is 3.93. The quantitative estimate of drug-likeness (QED) is 0.619. The third kappa shape index (κ3) is 3.51. The van der Waals surface area contributed by atoms with E-state index in [9.17, 15) is 4.79 Å². The monoisotopic (exact) mass is 371 g/mol. The highest BCUT2D eigenvalue weighted by Crippen LogP contribution is 2.26. The average Bonchev–Trinajstić information content (AvgIpc) is 2.96. The van der Waals surface area contributed by atoms with Gasteiger partial charge in [-0.25, -0.2) is 4.79 Å². The van der Waals surface area contributed by atoms with Gasteiger partial charge in [-0.3, -0.25) is 0 Å². The number of carbonyl (C=O) groups is 1. The maximum atomic E-state index is 12.4. The number of hydrogen-bond donors (Lipinski definition) is 0. The van der Waals surface area contributed by atoms with Gasteiger partial charge in [-0.2, -0.15) is 0 Å². The van der Waals surface area contributed by atoms with Gasteiger partial charge in [0.2, 0.25) is 0 Å². The summed E-state index contributed by atoms with van der Waals surface area (Å²) >= 11 is 3.37. The van der Waals surface area contributed by atoms with Gasteiger partial charge in [0.15, 0.2) is 0 Å². The normalized spacial score (nSPS) is 10.5. The lowest BCUT2D eigenvalue weighted by molar-refractivity contribution is 0.0471. The molecule has 1 heterocycles. The third-order valence-electron chi connectivity index (χ3n) is 3.40. The Morgan fingerprint density at radius 1 is 1.13 bits per heavy atom. The Morgan fingerprint density at radius 2 is 1.83 bits per heavy atom. The van der Waals surface area contributed by atoms with Crippen LogP contribution in [-0.2, 0) is 11.3 Å². The number of carbonyl (C=O) groups excluding carboxylic acids is 1. The molecule has 0 unspecified atom stereocenters. The predicted octanol–water partition coefficient (Wildman–Crippen LogP) is 4.77. The molecule has 0 aliphatic rings. The smallest absolute Gasteiger partial charge is 0.344 e. The van der Waals surface area contributed by atoms with Gasteiger partial charge in [-0.15, -0.1) is 0 Å². The first-order chi connectivity index (χ1) is 11.1. The minimum absolute atomic E-state index is 0.199. The second-order valence-corrected chi connectivity index (χ2v) is 5.95. The van der Waals surface area contributed by atoms with E-state index in [0.29, 0.717) is 17.0 Å². The SMILES string of the molecule is Cc1onc(-c2ccccc2)c1C(=O)OCc1ccc(Br)cc1. The average molecular weight is 372 g/mol. The van der Waals surface area contributed by atoms with E-state index >= 15 is 0 Å². The largest absolute Gasteiger partial charge is 0.457 e. The summed E-state index contributed by atoms with van der Waals surface area (Å²) in [6.07, 6.45) is 0. The Kier molecular flexibility index (Phi) is 4.57. The molecular formula is C18H14BrNO3. The van der Waals surface area contributed by atoms with E-state index in [1.807, 2.05) is 54.6 Å². The van der Waals surface area contributed by atoms with E-state index in [2.05, 4.69) is 21.1 Å². The van der Waals surface area contributed by atoms with Crippen LogP contribution in [0.25, 0.3) is 11.3 Å². The number of rotatable bonds is 4. The molecule has 0 spiro atoms. The Hall–Kier alpha value is -2.40. The molecule has 23 heavy (non-hydrogen) atoms. The van der Waals surface area contributed by atoms with E-state index < -0.39 is 5.97 Å². The van der Waals surface area contributed by atoms with Crippen molar-refractivity contribution in [3.05, 3.63) is 76.0 Å². The summed E-state index contributed by atoms with van der Waals surface area (Å²) in [4.78, 5) is 12.4. The molecule has 3 aromatic rings. The molecule has 5 heteroatoms. The van der Waals surface area contributed by atoms with Crippen LogP contribution in [0.15, 0.2) is 63.6 Å². The van der Waals surface area contributed by atoms with Gasteiger partial charge in [0.1, 0.15) is 23.6 Å². The van der Waals surface area contributed by atoms with Gasteiger partial charge in [-0.1, -0.05) is 63.6 Å². The summed E-state index contributed by atoms with van der Waals surface area (Å²) in [5.74, 6) is 0.00943. The van der Waals surface area contributed by atoms with Crippen molar-refractivity contribution in [1.82, 2.24) is 5.16 Å². The minimum Gasteiger partial charge on any atom is -0.457 e. The molecular weight excluding hydrogens is 358 g/mol. The highest BCUT2D eigenvalue weighted by atomic mass is 79.9. The molecule has 0 aliphatic heterocycles. The van der Waals surface area contributed by atoms with Crippen LogP contribution in [-0.4, -0.2) is 11.1 Å². The highest BCUT2D eigenvalue weighted by Gasteiger charge is 2.22. The molecule has 0 saturated carbocycles. The van der Waals surface area contributed by atoms with Crippen LogP contribution in [0.5, 0.6) is 0 Å². The van der Waals surface area contributed by atoms with E-state index in [1.165, 1.54) is 0 Å². The summed E-state index contributed by atoms with van der Waals surface area (Å²) in [6.45, 7) is 1.90. The van der Waals surface area contributed by atoms with Crippen LogP contribution >= 0.6 is 15.9 Å². The number of aromatic nitrogens is 1. The number of hydrogen-bond acceptors (Lipinski definition) is 4. The number of aryl methyl sites for hydroxylation is 1. The molecule has 4 nitrogen and oxygen atoms in total. The van der Waals surface area contributed by atoms with Crippen LogP contribution < -0.4 is 0 Å². The van der Waals surface area contributed by atoms with Crippen LogP contribution in [0, 0.1) is 6.92 Å². The minimum atomic E-state index is -0.439. The molecule has 0 amide bonds. The van der Waals surface area contributed by atoms with E-state index in [0.717, 1.165) is 15.6 Å². The predicted molar refractivity (Wildman–Crippen MR) is 89.9 cm³/mol. The van der Waals surface area contributed by atoms with E-state index in [1.54, 1.807) is 6.92 Å². The molecule has 0 saturated heterocycles. The lowest BCUT2D eigenvalue weighted by Crippen LogP contribution is -2.07. The summed E-state index contributed by atoms with van der Waals surface area (Å²) in [6, 6.07) is 17.0. The molecule has 2 aromatic carbocycles. The maximum Gasteiger partial charge on any atom is 0.344 e. The van der Waals surface area contributed by atoms with Crippen LogP contribution in [0.3, 0.4) is 0 Å². The van der Waals surface area contributed by atoms with Gasteiger partial charge >= 0.3 is 5.97 Å². The van der Waals surface area contributed by atoms with Crippen LogP contribution in [0.1, 0.15) is 21.7 Å². The van der Waals surface area contributed by atoms with Crippen molar-refractivity contribution in [2.75, 3.05) is 0 Å². The van der Waals surface area contributed by atoms with Crippen molar-refractivity contribution in [3.8, 4) is 11.3 Å². The van der Waals surface area contributed by atoms with Crippen molar-refractivity contribution in [3.63, 3.8) is 0 Å². The lowest BCUT2D eigenvalue weighted by Gasteiger charge is -2.06. The second-order valence-electron chi connectivity index (χ2n) is 5.03. The first kappa shape index (κ1) is 15.5. The highest BCUT2D eigenvalue weighted by molar-refractivity contribution is 9.10. The molecule has 0 radical (unpaired) electrons. The Balaban J connectivity index is 1.80. The Morgan fingerprint density at radius 3 is 2.52 bits per heavy atom. The summed E-state index contributed by atoms with van der Waals surface area (Å²) in [5, 5.41) is 3.99. The molecule has 116 valence electrons. The first-order valence-electron chi connectivity index (χ1n) is 7.08. The van der Waals surface area contributed by atoms with Gasteiger partial charge < -0.3 is 9.26 Å².